The minimum absolute atomic E-state index is 0.571. The highest BCUT2D eigenvalue weighted by Crippen LogP contribution is 2.25. The van der Waals surface area contributed by atoms with Crippen LogP contribution in [-0.4, -0.2) is 28.1 Å². The topological polar surface area (TPSA) is 29.9 Å². The van der Waals surface area contributed by atoms with Crippen molar-refractivity contribution in [2.45, 2.75) is 43.5 Å². The molecule has 0 aliphatic carbocycles. The van der Waals surface area contributed by atoms with Crippen molar-refractivity contribution in [3.8, 4) is 0 Å². The maximum Gasteiger partial charge on any atom is 0.0941 e. The Labute approximate surface area is 96.6 Å². The van der Waals surface area contributed by atoms with E-state index in [2.05, 4.69) is 30.3 Å². The van der Waals surface area contributed by atoms with Crippen LogP contribution in [0.1, 0.15) is 26.0 Å². The fraction of sp³-hybridized carbons (Fsp3) is 0.727. The van der Waals surface area contributed by atoms with Gasteiger partial charge in [0.1, 0.15) is 0 Å². The van der Waals surface area contributed by atoms with Crippen LogP contribution in [0.5, 0.6) is 0 Å². The van der Waals surface area contributed by atoms with Crippen molar-refractivity contribution >= 4 is 11.8 Å². The predicted molar refractivity (Wildman–Crippen MR) is 66.4 cm³/mol. The van der Waals surface area contributed by atoms with Gasteiger partial charge in [0, 0.05) is 18.3 Å². The summed E-state index contributed by atoms with van der Waals surface area (Å²) >= 11 is 1.90. The SMILES string of the molecule is CNC(C)CC(C)Sc1cc(C)nn1C. The monoisotopic (exact) mass is 227 g/mol. The lowest BCUT2D eigenvalue weighted by molar-refractivity contribution is 0.563. The average molecular weight is 227 g/mol. The quantitative estimate of drug-likeness (QED) is 0.782. The van der Waals surface area contributed by atoms with Gasteiger partial charge in [0.05, 0.1) is 10.7 Å². The Morgan fingerprint density at radius 2 is 2.20 bits per heavy atom. The lowest BCUT2D eigenvalue weighted by Gasteiger charge is -2.15. The van der Waals surface area contributed by atoms with Gasteiger partial charge in [0.2, 0.25) is 0 Å². The predicted octanol–water partition coefficient (Wildman–Crippen LogP) is 2.21. The average Bonchev–Trinajstić information content (AvgIpc) is 2.44. The minimum Gasteiger partial charge on any atom is -0.317 e. The minimum atomic E-state index is 0.571. The zero-order valence-corrected chi connectivity index (χ0v) is 11.1. The van der Waals surface area contributed by atoms with E-state index in [-0.39, 0.29) is 0 Å². The molecule has 0 radical (unpaired) electrons. The van der Waals surface area contributed by atoms with E-state index in [1.807, 2.05) is 37.5 Å². The molecule has 86 valence electrons. The van der Waals surface area contributed by atoms with Gasteiger partial charge >= 0.3 is 0 Å². The molecule has 0 saturated carbocycles. The van der Waals surface area contributed by atoms with Gasteiger partial charge in [0.25, 0.3) is 0 Å². The number of hydrogen-bond donors (Lipinski definition) is 1. The van der Waals surface area contributed by atoms with Crippen LogP contribution in [0.15, 0.2) is 11.1 Å². The largest absolute Gasteiger partial charge is 0.317 e. The number of aryl methyl sites for hydroxylation is 2. The molecule has 0 aliphatic heterocycles. The fourth-order valence-corrected chi connectivity index (χ4v) is 2.80. The molecule has 1 aromatic rings. The molecule has 3 nitrogen and oxygen atoms in total. The zero-order chi connectivity index (χ0) is 11.4. The number of rotatable bonds is 5. The maximum absolute atomic E-state index is 4.34. The molecule has 0 aromatic carbocycles. The third-order valence-corrected chi connectivity index (χ3v) is 3.68. The Morgan fingerprint density at radius 1 is 1.53 bits per heavy atom. The van der Waals surface area contributed by atoms with Crippen molar-refractivity contribution in [1.82, 2.24) is 15.1 Å². The van der Waals surface area contributed by atoms with E-state index in [0.717, 1.165) is 5.69 Å². The smallest absolute Gasteiger partial charge is 0.0941 e. The fourth-order valence-electron chi connectivity index (χ4n) is 1.57. The second kappa shape index (κ2) is 5.56. The second-order valence-electron chi connectivity index (χ2n) is 4.10. The van der Waals surface area contributed by atoms with Crippen molar-refractivity contribution in [3.63, 3.8) is 0 Å². The lowest BCUT2D eigenvalue weighted by Crippen LogP contribution is -2.24. The molecule has 15 heavy (non-hydrogen) atoms. The highest BCUT2D eigenvalue weighted by molar-refractivity contribution is 7.99. The van der Waals surface area contributed by atoms with E-state index in [4.69, 9.17) is 0 Å². The summed E-state index contributed by atoms with van der Waals surface area (Å²) < 4.78 is 1.96. The van der Waals surface area contributed by atoms with Gasteiger partial charge in [-0.3, -0.25) is 4.68 Å². The number of nitrogens with one attached hydrogen (secondary N) is 1. The number of hydrogen-bond acceptors (Lipinski definition) is 3. The van der Waals surface area contributed by atoms with Crippen molar-refractivity contribution in [1.29, 1.82) is 0 Å². The van der Waals surface area contributed by atoms with Gasteiger partial charge in [0.15, 0.2) is 0 Å². The molecule has 4 heteroatoms. The van der Waals surface area contributed by atoms with E-state index in [9.17, 15) is 0 Å². The Bertz CT molecular complexity index is 309. The van der Waals surface area contributed by atoms with E-state index >= 15 is 0 Å². The Kier molecular flexibility index (Phi) is 4.67. The number of thioether (sulfide) groups is 1. The number of aromatic nitrogens is 2. The molecule has 0 bridgehead atoms. The van der Waals surface area contributed by atoms with Crippen LogP contribution in [0.3, 0.4) is 0 Å². The second-order valence-corrected chi connectivity index (χ2v) is 5.56. The first kappa shape index (κ1) is 12.6. The molecule has 0 amide bonds. The summed E-state index contributed by atoms with van der Waals surface area (Å²) in [6.07, 6.45) is 1.17. The molecule has 1 heterocycles. The van der Waals surface area contributed by atoms with Crippen LogP contribution >= 0.6 is 11.8 Å². The van der Waals surface area contributed by atoms with Crippen LogP contribution in [0.2, 0.25) is 0 Å². The summed E-state index contributed by atoms with van der Waals surface area (Å²) in [6.45, 7) is 6.51. The molecule has 1 rings (SSSR count). The summed E-state index contributed by atoms with van der Waals surface area (Å²) in [5.41, 5.74) is 1.09. The van der Waals surface area contributed by atoms with Crippen LogP contribution in [0.4, 0.5) is 0 Å². The summed E-state index contributed by atoms with van der Waals surface area (Å²) in [7, 11) is 4.01. The maximum atomic E-state index is 4.34. The highest BCUT2D eigenvalue weighted by Gasteiger charge is 2.11. The Hall–Kier alpha value is -0.480. The summed E-state index contributed by atoms with van der Waals surface area (Å²) in [6, 6.07) is 2.72. The van der Waals surface area contributed by atoms with Gasteiger partial charge < -0.3 is 5.32 Å². The summed E-state index contributed by atoms with van der Waals surface area (Å²) in [4.78, 5) is 0. The third kappa shape index (κ3) is 3.87. The van der Waals surface area contributed by atoms with E-state index in [1.54, 1.807) is 0 Å². The van der Waals surface area contributed by atoms with Crippen molar-refractivity contribution < 1.29 is 0 Å². The highest BCUT2D eigenvalue weighted by atomic mass is 32.2. The molecule has 0 saturated heterocycles. The normalized spacial score (nSPS) is 15.3. The molecule has 2 atom stereocenters. The van der Waals surface area contributed by atoms with Gasteiger partial charge in [-0.1, -0.05) is 6.92 Å². The van der Waals surface area contributed by atoms with Gasteiger partial charge in [-0.2, -0.15) is 5.10 Å². The van der Waals surface area contributed by atoms with Crippen LogP contribution in [-0.2, 0) is 7.05 Å². The van der Waals surface area contributed by atoms with Crippen LogP contribution in [0.25, 0.3) is 0 Å². The molecular formula is C11H21N3S. The molecular weight excluding hydrogens is 206 g/mol. The first-order valence-corrected chi connectivity index (χ1v) is 6.25. The summed E-state index contributed by atoms with van der Waals surface area (Å²) in [5, 5.41) is 9.48. The molecule has 0 aliphatic rings. The number of nitrogens with zero attached hydrogens (tertiary/aromatic N) is 2. The molecule has 2 unspecified atom stereocenters. The Balaban J connectivity index is 2.50. The van der Waals surface area contributed by atoms with Gasteiger partial charge in [-0.25, -0.2) is 0 Å². The van der Waals surface area contributed by atoms with Crippen molar-refractivity contribution in [2.75, 3.05) is 7.05 Å². The molecule has 0 spiro atoms. The first-order valence-electron chi connectivity index (χ1n) is 5.37. The van der Waals surface area contributed by atoms with Crippen molar-refractivity contribution in [3.05, 3.63) is 11.8 Å². The standard InChI is InChI=1S/C11H21N3S/c1-8(12-4)6-10(3)15-11-7-9(2)13-14(11)5/h7-8,10,12H,6H2,1-5H3. The summed E-state index contributed by atoms with van der Waals surface area (Å²) in [5.74, 6) is 0. The van der Waals surface area contributed by atoms with Crippen LogP contribution in [0, 0.1) is 6.92 Å². The molecule has 1 aromatic heterocycles. The third-order valence-electron chi connectivity index (χ3n) is 2.46. The van der Waals surface area contributed by atoms with Crippen LogP contribution < -0.4 is 5.32 Å². The van der Waals surface area contributed by atoms with Crippen molar-refractivity contribution in [2.24, 2.45) is 7.05 Å². The van der Waals surface area contributed by atoms with E-state index in [1.165, 1.54) is 11.4 Å². The molecule has 1 N–H and O–H groups in total. The van der Waals surface area contributed by atoms with Gasteiger partial charge in [-0.15, -0.1) is 11.8 Å². The van der Waals surface area contributed by atoms with E-state index in [0.29, 0.717) is 11.3 Å². The van der Waals surface area contributed by atoms with Gasteiger partial charge in [-0.05, 0) is 33.4 Å². The zero-order valence-electron chi connectivity index (χ0n) is 10.2. The Morgan fingerprint density at radius 3 is 2.67 bits per heavy atom. The molecule has 0 fully saturated rings. The lowest BCUT2D eigenvalue weighted by atomic mass is 10.2. The first-order chi connectivity index (χ1) is 7.02. The van der Waals surface area contributed by atoms with E-state index < -0.39 is 0 Å².